The number of benzene rings is 1. The van der Waals surface area contributed by atoms with E-state index < -0.39 is 15.6 Å². The molecule has 0 saturated carbocycles. The fourth-order valence-corrected chi connectivity index (χ4v) is 3.25. The molecule has 0 fully saturated rings. The Labute approximate surface area is 121 Å². The molecular weight excluding hydrogens is 276 g/mol. The first-order chi connectivity index (χ1) is 9.44. The van der Waals surface area contributed by atoms with Gasteiger partial charge in [-0.3, -0.25) is 0 Å². The van der Waals surface area contributed by atoms with Crippen LogP contribution in [-0.4, -0.2) is 32.2 Å². The maximum Gasteiger partial charge on any atom is 0.242 e. The first-order valence-corrected chi connectivity index (χ1v) is 8.40. The van der Waals surface area contributed by atoms with Gasteiger partial charge in [0, 0.05) is 6.54 Å². The van der Waals surface area contributed by atoms with Crippen LogP contribution in [0.3, 0.4) is 0 Å². The topological polar surface area (TPSA) is 78.4 Å². The van der Waals surface area contributed by atoms with Crippen molar-refractivity contribution in [3.05, 3.63) is 24.3 Å². The monoisotopic (exact) mass is 300 g/mol. The van der Waals surface area contributed by atoms with E-state index in [2.05, 4.69) is 10.0 Å². The van der Waals surface area contributed by atoms with Crippen molar-refractivity contribution in [3.63, 3.8) is 0 Å². The lowest BCUT2D eigenvalue weighted by Crippen LogP contribution is -2.41. The summed E-state index contributed by atoms with van der Waals surface area (Å²) in [6.07, 6.45) is 1.41. The van der Waals surface area contributed by atoms with Crippen LogP contribution in [0.25, 0.3) is 0 Å². The summed E-state index contributed by atoms with van der Waals surface area (Å²) in [6.45, 7) is 5.96. The second-order valence-electron chi connectivity index (χ2n) is 4.77. The zero-order valence-corrected chi connectivity index (χ0v) is 13.1. The van der Waals surface area contributed by atoms with Gasteiger partial charge in [0.25, 0.3) is 0 Å². The summed E-state index contributed by atoms with van der Waals surface area (Å²) in [5, 5.41) is 12.8. The Morgan fingerprint density at radius 1 is 1.15 bits per heavy atom. The molecule has 0 spiro atoms. The van der Waals surface area contributed by atoms with Crippen molar-refractivity contribution in [2.45, 2.75) is 44.0 Å². The molecule has 3 N–H and O–H groups in total. The molecule has 1 aromatic carbocycles. The summed E-state index contributed by atoms with van der Waals surface area (Å²) in [7, 11) is -3.53. The molecule has 0 unspecified atom stereocenters. The maximum atomic E-state index is 12.2. The SMILES string of the molecule is CCNS(=O)(=O)c1ccccc1NC(CC)(CC)CO. The molecule has 0 aliphatic rings. The van der Waals surface area contributed by atoms with Crippen LogP contribution >= 0.6 is 0 Å². The number of aliphatic hydroxyl groups is 1. The van der Waals surface area contributed by atoms with Crippen LogP contribution in [-0.2, 0) is 10.0 Å². The van der Waals surface area contributed by atoms with Gasteiger partial charge in [0.15, 0.2) is 0 Å². The van der Waals surface area contributed by atoms with Crippen LogP contribution < -0.4 is 10.0 Å². The average Bonchev–Trinajstić information content (AvgIpc) is 2.45. The van der Waals surface area contributed by atoms with Crippen LogP contribution in [0.2, 0.25) is 0 Å². The number of para-hydroxylation sites is 1. The van der Waals surface area contributed by atoms with E-state index in [1.54, 1.807) is 31.2 Å². The molecule has 0 aliphatic carbocycles. The molecule has 0 atom stereocenters. The van der Waals surface area contributed by atoms with E-state index in [0.29, 0.717) is 25.1 Å². The van der Waals surface area contributed by atoms with Gasteiger partial charge >= 0.3 is 0 Å². The third-order valence-corrected chi connectivity index (χ3v) is 5.17. The lowest BCUT2D eigenvalue weighted by Gasteiger charge is -2.32. The van der Waals surface area contributed by atoms with Gasteiger partial charge in [-0.15, -0.1) is 0 Å². The third-order valence-electron chi connectivity index (χ3n) is 3.57. The number of hydrogen-bond acceptors (Lipinski definition) is 4. The summed E-state index contributed by atoms with van der Waals surface area (Å²) >= 11 is 0. The van der Waals surface area contributed by atoms with E-state index in [9.17, 15) is 13.5 Å². The smallest absolute Gasteiger partial charge is 0.242 e. The Bertz CT molecular complexity index is 517. The second-order valence-corrected chi connectivity index (χ2v) is 6.50. The number of rotatable bonds is 8. The molecule has 0 heterocycles. The van der Waals surface area contributed by atoms with Crippen molar-refractivity contribution in [2.75, 3.05) is 18.5 Å². The van der Waals surface area contributed by atoms with E-state index in [1.807, 2.05) is 13.8 Å². The van der Waals surface area contributed by atoms with E-state index in [4.69, 9.17) is 0 Å². The summed E-state index contributed by atoms with van der Waals surface area (Å²) in [4.78, 5) is 0.210. The van der Waals surface area contributed by atoms with Crippen molar-refractivity contribution in [3.8, 4) is 0 Å². The van der Waals surface area contributed by atoms with E-state index in [1.165, 1.54) is 0 Å². The summed E-state index contributed by atoms with van der Waals surface area (Å²) in [5.41, 5.74) is 0.0175. The van der Waals surface area contributed by atoms with Gasteiger partial charge in [-0.2, -0.15) is 0 Å². The summed E-state index contributed by atoms with van der Waals surface area (Å²) in [6, 6.07) is 6.75. The predicted octanol–water partition coefficient (Wildman–Crippen LogP) is 1.95. The van der Waals surface area contributed by atoms with Crippen LogP contribution in [0.4, 0.5) is 5.69 Å². The van der Waals surface area contributed by atoms with Gasteiger partial charge in [0.2, 0.25) is 10.0 Å². The second kappa shape index (κ2) is 7.06. The Hall–Kier alpha value is -1.11. The van der Waals surface area contributed by atoms with Crippen molar-refractivity contribution in [1.82, 2.24) is 4.72 Å². The predicted molar refractivity (Wildman–Crippen MR) is 81.3 cm³/mol. The Morgan fingerprint density at radius 2 is 1.75 bits per heavy atom. The largest absolute Gasteiger partial charge is 0.394 e. The molecule has 114 valence electrons. The molecule has 5 nitrogen and oxygen atoms in total. The van der Waals surface area contributed by atoms with Crippen LogP contribution in [0.1, 0.15) is 33.6 Å². The zero-order valence-electron chi connectivity index (χ0n) is 12.3. The highest BCUT2D eigenvalue weighted by atomic mass is 32.2. The van der Waals surface area contributed by atoms with Gasteiger partial charge in [-0.1, -0.05) is 32.9 Å². The third kappa shape index (κ3) is 3.71. The van der Waals surface area contributed by atoms with E-state index in [0.717, 1.165) is 0 Å². The molecule has 1 aromatic rings. The Kier molecular flexibility index (Phi) is 5.98. The van der Waals surface area contributed by atoms with E-state index >= 15 is 0 Å². The first-order valence-electron chi connectivity index (χ1n) is 6.92. The highest BCUT2D eigenvalue weighted by Gasteiger charge is 2.27. The molecule has 20 heavy (non-hydrogen) atoms. The summed E-state index contributed by atoms with van der Waals surface area (Å²) < 4.78 is 26.9. The molecule has 0 saturated heterocycles. The van der Waals surface area contributed by atoms with Crippen molar-refractivity contribution in [1.29, 1.82) is 0 Å². The van der Waals surface area contributed by atoms with Gasteiger partial charge in [-0.25, -0.2) is 13.1 Å². The van der Waals surface area contributed by atoms with Crippen LogP contribution in [0, 0.1) is 0 Å². The Balaban J connectivity index is 3.21. The van der Waals surface area contributed by atoms with Crippen molar-refractivity contribution >= 4 is 15.7 Å². The van der Waals surface area contributed by atoms with Crippen LogP contribution in [0.15, 0.2) is 29.2 Å². The fraction of sp³-hybridized carbons (Fsp3) is 0.571. The molecule has 0 amide bonds. The zero-order chi connectivity index (χ0) is 15.2. The van der Waals surface area contributed by atoms with Crippen molar-refractivity contribution < 1.29 is 13.5 Å². The minimum atomic E-state index is -3.53. The number of anilines is 1. The van der Waals surface area contributed by atoms with Gasteiger partial charge < -0.3 is 10.4 Å². The molecule has 0 radical (unpaired) electrons. The fourth-order valence-electron chi connectivity index (χ4n) is 2.05. The molecular formula is C14H24N2O3S. The number of aliphatic hydroxyl groups excluding tert-OH is 1. The Morgan fingerprint density at radius 3 is 2.25 bits per heavy atom. The highest BCUT2D eigenvalue weighted by molar-refractivity contribution is 7.89. The highest BCUT2D eigenvalue weighted by Crippen LogP contribution is 2.27. The first kappa shape index (κ1) is 16.9. The van der Waals surface area contributed by atoms with E-state index in [-0.39, 0.29) is 11.5 Å². The average molecular weight is 300 g/mol. The minimum Gasteiger partial charge on any atom is -0.394 e. The quantitative estimate of drug-likeness (QED) is 0.685. The molecule has 0 aromatic heterocycles. The van der Waals surface area contributed by atoms with Gasteiger partial charge in [-0.05, 0) is 25.0 Å². The molecule has 0 bridgehead atoms. The van der Waals surface area contributed by atoms with Gasteiger partial charge in [0.05, 0.1) is 17.8 Å². The molecule has 6 heteroatoms. The summed E-state index contributed by atoms with van der Waals surface area (Å²) in [5.74, 6) is 0. The number of sulfonamides is 1. The van der Waals surface area contributed by atoms with Crippen LogP contribution in [0.5, 0.6) is 0 Å². The number of hydrogen-bond donors (Lipinski definition) is 3. The number of nitrogens with one attached hydrogen (secondary N) is 2. The van der Waals surface area contributed by atoms with Crippen molar-refractivity contribution in [2.24, 2.45) is 0 Å². The standard InChI is InChI=1S/C14H24N2O3S/c1-4-14(5-2,11-17)16-12-9-7-8-10-13(12)20(18,19)15-6-3/h7-10,15-17H,4-6,11H2,1-3H3. The van der Waals surface area contributed by atoms with Gasteiger partial charge in [0.1, 0.15) is 4.90 Å². The molecule has 0 aliphatic heterocycles. The minimum absolute atomic E-state index is 0.0460. The molecule has 1 rings (SSSR count). The lowest BCUT2D eigenvalue weighted by atomic mass is 9.93. The lowest BCUT2D eigenvalue weighted by molar-refractivity contribution is 0.202. The normalized spacial score (nSPS) is 12.4. The maximum absolute atomic E-state index is 12.2.